The molecule has 0 bridgehead atoms. The third-order valence-electron chi connectivity index (χ3n) is 2.80. The molecule has 0 N–H and O–H groups in total. The molecule has 0 unspecified atom stereocenters. The monoisotopic (exact) mass is 280 g/mol. The van der Waals surface area contributed by atoms with Crippen LogP contribution in [0.5, 0.6) is 11.5 Å². The van der Waals surface area contributed by atoms with Crippen molar-refractivity contribution in [1.29, 1.82) is 10.5 Å². The van der Waals surface area contributed by atoms with Gasteiger partial charge in [-0.15, -0.1) is 0 Å². The van der Waals surface area contributed by atoms with Crippen molar-refractivity contribution in [3.05, 3.63) is 58.9 Å². The molecule has 0 heterocycles. The molecular formula is C16H9FN2O2. The van der Waals surface area contributed by atoms with Crippen molar-refractivity contribution >= 4 is 5.78 Å². The van der Waals surface area contributed by atoms with E-state index in [4.69, 9.17) is 15.3 Å². The number of halogens is 1. The van der Waals surface area contributed by atoms with E-state index in [1.165, 1.54) is 37.3 Å². The number of hydrogen-bond acceptors (Lipinski definition) is 4. The van der Waals surface area contributed by atoms with Crippen LogP contribution in [0.15, 0.2) is 36.4 Å². The van der Waals surface area contributed by atoms with Gasteiger partial charge in [0.05, 0.1) is 17.2 Å². The normalized spacial score (nSPS) is 9.52. The zero-order valence-electron chi connectivity index (χ0n) is 11.1. The van der Waals surface area contributed by atoms with Gasteiger partial charge in [0.2, 0.25) is 0 Å². The maximum atomic E-state index is 13.5. The molecule has 102 valence electrons. The van der Waals surface area contributed by atoms with Crippen LogP contribution in [0.4, 0.5) is 4.39 Å². The van der Waals surface area contributed by atoms with Crippen LogP contribution in [0, 0.1) is 28.5 Å². The van der Waals surface area contributed by atoms with Crippen LogP contribution in [-0.2, 0) is 0 Å². The summed E-state index contributed by atoms with van der Waals surface area (Å²) in [5, 5.41) is 17.9. The van der Waals surface area contributed by atoms with Crippen molar-refractivity contribution in [3.8, 4) is 23.6 Å². The number of rotatable bonds is 3. The van der Waals surface area contributed by atoms with Gasteiger partial charge in [-0.25, -0.2) is 4.39 Å². The average molecular weight is 280 g/mol. The van der Waals surface area contributed by atoms with Crippen molar-refractivity contribution in [1.82, 2.24) is 0 Å². The highest BCUT2D eigenvalue weighted by atomic mass is 19.1. The summed E-state index contributed by atoms with van der Waals surface area (Å²) in [4.78, 5) is 11.6. The highest BCUT2D eigenvalue weighted by Crippen LogP contribution is 2.30. The Balaban J connectivity index is 2.54. The van der Waals surface area contributed by atoms with Crippen LogP contribution >= 0.6 is 0 Å². The van der Waals surface area contributed by atoms with Crippen LogP contribution in [0.3, 0.4) is 0 Å². The smallest absolute Gasteiger partial charge is 0.163 e. The number of ketones is 1. The predicted molar refractivity (Wildman–Crippen MR) is 72.4 cm³/mol. The number of nitrogens with zero attached hydrogens (tertiary/aromatic N) is 2. The Labute approximate surface area is 120 Å². The van der Waals surface area contributed by atoms with Gasteiger partial charge in [-0.3, -0.25) is 4.79 Å². The van der Waals surface area contributed by atoms with Gasteiger partial charge in [0.25, 0.3) is 0 Å². The van der Waals surface area contributed by atoms with Crippen molar-refractivity contribution in [2.45, 2.75) is 6.92 Å². The lowest BCUT2D eigenvalue weighted by Gasteiger charge is -2.11. The van der Waals surface area contributed by atoms with Gasteiger partial charge in [0.15, 0.2) is 5.78 Å². The van der Waals surface area contributed by atoms with Crippen molar-refractivity contribution < 1.29 is 13.9 Å². The second-order valence-electron chi connectivity index (χ2n) is 4.21. The van der Waals surface area contributed by atoms with E-state index in [9.17, 15) is 9.18 Å². The third kappa shape index (κ3) is 2.88. The van der Waals surface area contributed by atoms with Gasteiger partial charge in [0, 0.05) is 0 Å². The maximum Gasteiger partial charge on any atom is 0.163 e. The summed E-state index contributed by atoms with van der Waals surface area (Å²) < 4.78 is 19.0. The molecule has 0 saturated heterocycles. The summed E-state index contributed by atoms with van der Waals surface area (Å²) in [5.41, 5.74) is 0.293. The molecule has 0 aliphatic carbocycles. The summed E-state index contributed by atoms with van der Waals surface area (Å²) in [6, 6.07) is 11.9. The van der Waals surface area contributed by atoms with Gasteiger partial charge in [-0.1, -0.05) is 6.07 Å². The first kappa shape index (κ1) is 14.2. The fourth-order valence-corrected chi connectivity index (χ4v) is 1.78. The van der Waals surface area contributed by atoms with Crippen molar-refractivity contribution in [3.63, 3.8) is 0 Å². The third-order valence-corrected chi connectivity index (χ3v) is 2.80. The van der Waals surface area contributed by atoms with Crippen molar-refractivity contribution in [2.75, 3.05) is 0 Å². The number of carbonyl (C=O) groups is 1. The SMILES string of the molecule is CC(=O)c1ccc(C#N)cc1Oc1cccc(F)c1C#N. The summed E-state index contributed by atoms with van der Waals surface area (Å²) in [6.07, 6.45) is 0. The van der Waals surface area contributed by atoms with Crippen LogP contribution in [-0.4, -0.2) is 5.78 Å². The molecule has 21 heavy (non-hydrogen) atoms. The Kier molecular flexibility index (Phi) is 3.97. The van der Waals surface area contributed by atoms with Crippen LogP contribution < -0.4 is 4.74 Å². The van der Waals surface area contributed by atoms with E-state index in [2.05, 4.69) is 0 Å². The summed E-state index contributed by atoms with van der Waals surface area (Å²) in [6.45, 7) is 1.35. The second kappa shape index (κ2) is 5.85. The van der Waals surface area contributed by atoms with Gasteiger partial charge >= 0.3 is 0 Å². The molecule has 0 aliphatic heterocycles. The van der Waals surface area contributed by atoms with Gasteiger partial charge in [-0.2, -0.15) is 10.5 Å². The van der Waals surface area contributed by atoms with E-state index >= 15 is 0 Å². The minimum atomic E-state index is -0.712. The van der Waals surface area contributed by atoms with E-state index in [1.807, 2.05) is 6.07 Å². The number of ether oxygens (including phenoxy) is 1. The van der Waals surface area contributed by atoms with Crippen LogP contribution in [0.2, 0.25) is 0 Å². The molecule has 0 aromatic heterocycles. The first-order valence-corrected chi connectivity index (χ1v) is 5.98. The van der Waals surface area contributed by atoms with E-state index in [0.717, 1.165) is 6.07 Å². The summed E-state index contributed by atoms with van der Waals surface area (Å²) >= 11 is 0. The van der Waals surface area contributed by atoms with Gasteiger partial charge < -0.3 is 4.74 Å². The van der Waals surface area contributed by atoms with E-state index in [-0.39, 0.29) is 28.4 Å². The molecule has 0 saturated carbocycles. The largest absolute Gasteiger partial charge is 0.455 e. The van der Waals surface area contributed by atoms with Crippen LogP contribution in [0.25, 0.3) is 0 Å². The highest BCUT2D eigenvalue weighted by molar-refractivity contribution is 5.97. The first-order valence-electron chi connectivity index (χ1n) is 5.98. The van der Waals surface area contributed by atoms with Gasteiger partial charge in [-0.05, 0) is 37.3 Å². The predicted octanol–water partition coefficient (Wildman–Crippen LogP) is 3.56. The fourth-order valence-electron chi connectivity index (χ4n) is 1.78. The number of hydrogen-bond donors (Lipinski definition) is 0. The lowest BCUT2D eigenvalue weighted by atomic mass is 10.1. The molecule has 5 heteroatoms. The minimum absolute atomic E-state index is 0.00455. The molecule has 2 aromatic rings. The minimum Gasteiger partial charge on any atom is -0.455 e. The highest BCUT2D eigenvalue weighted by Gasteiger charge is 2.14. The topological polar surface area (TPSA) is 73.9 Å². The Morgan fingerprint density at radius 1 is 1.14 bits per heavy atom. The van der Waals surface area contributed by atoms with E-state index in [0.29, 0.717) is 5.56 Å². The Hall–Kier alpha value is -3.18. The zero-order chi connectivity index (χ0) is 15.4. The molecule has 0 fully saturated rings. The van der Waals surface area contributed by atoms with Crippen molar-refractivity contribution in [2.24, 2.45) is 0 Å². The van der Waals surface area contributed by atoms with E-state index in [1.54, 1.807) is 6.07 Å². The molecule has 0 aliphatic rings. The molecule has 2 aromatic carbocycles. The summed E-state index contributed by atoms with van der Waals surface area (Å²) in [5.74, 6) is -0.862. The lowest BCUT2D eigenvalue weighted by molar-refractivity contribution is 0.101. The fraction of sp³-hybridized carbons (Fsp3) is 0.0625. The quantitative estimate of drug-likeness (QED) is 0.805. The molecular weight excluding hydrogens is 271 g/mol. The molecule has 0 radical (unpaired) electrons. The number of Topliss-reactive ketones (excluding diaryl/α,β-unsaturated/α-hetero) is 1. The molecule has 2 rings (SSSR count). The summed E-state index contributed by atoms with van der Waals surface area (Å²) in [7, 11) is 0. The van der Waals surface area contributed by atoms with E-state index < -0.39 is 5.82 Å². The molecule has 0 amide bonds. The Morgan fingerprint density at radius 2 is 1.90 bits per heavy atom. The Bertz CT molecular complexity index is 801. The molecule has 0 atom stereocenters. The number of nitriles is 2. The maximum absolute atomic E-state index is 13.5. The zero-order valence-corrected chi connectivity index (χ0v) is 11.1. The first-order chi connectivity index (χ1) is 10.1. The molecule has 0 spiro atoms. The number of carbonyl (C=O) groups excluding carboxylic acids is 1. The standard InChI is InChI=1S/C16H9FN2O2/c1-10(20)12-6-5-11(8-18)7-16(12)21-15-4-2-3-14(17)13(15)9-19/h2-7H,1H3. The van der Waals surface area contributed by atoms with Gasteiger partial charge in [0.1, 0.15) is 28.9 Å². The lowest BCUT2D eigenvalue weighted by Crippen LogP contribution is -1.99. The second-order valence-corrected chi connectivity index (χ2v) is 4.21. The Morgan fingerprint density at radius 3 is 2.52 bits per heavy atom. The molecule has 4 nitrogen and oxygen atoms in total. The number of benzene rings is 2. The van der Waals surface area contributed by atoms with Crippen LogP contribution in [0.1, 0.15) is 28.4 Å². The average Bonchev–Trinajstić information content (AvgIpc) is 2.47.